The maximum Gasteiger partial charge on any atom is 0.271 e. The van der Waals surface area contributed by atoms with Crippen molar-refractivity contribution < 1.29 is 23.9 Å². The minimum absolute atomic E-state index is 0.156. The number of rotatable bonds is 12. The third-order valence-electron chi connectivity index (χ3n) is 5.89. The van der Waals surface area contributed by atoms with Gasteiger partial charge in [-0.15, -0.1) is 0 Å². The first-order valence-electron chi connectivity index (χ1n) is 12.9. The predicted octanol–water partition coefficient (Wildman–Crippen LogP) is 7.35. The number of nitriles is 1. The molecule has 1 amide bonds. The number of hydrogen-bond acceptors (Lipinski definition) is 7. The van der Waals surface area contributed by atoms with Crippen molar-refractivity contribution in [2.24, 2.45) is 0 Å². The van der Waals surface area contributed by atoms with Crippen molar-refractivity contribution in [3.63, 3.8) is 0 Å². The monoisotopic (exact) mass is 583 g/mol. The Morgan fingerprint density at radius 2 is 1.64 bits per heavy atom. The fraction of sp³-hybridized carbons (Fsp3) is 0.125. The van der Waals surface area contributed by atoms with Gasteiger partial charge < -0.3 is 19.5 Å². The number of amides is 1. The molecular formula is C32H26ClN3O6. The average Bonchev–Trinajstić information content (AvgIpc) is 2.99. The minimum Gasteiger partial charge on any atom is -0.490 e. The van der Waals surface area contributed by atoms with E-state index in [1.165, 1.54) is 30.3 Å². The van der Waals surface area contributed by atoms with Crippen LogP contribution >= 0.6 is 11.6 Å². The summed E-state index contributed by atoms with van der Waals surface area (Å²) in [4.78, 5) is 23.3. The van der Waals surface area contributed by atoms with E-state index < -0.39 is 10.8 Å². The zero-order chi connectivity index (χ0) is 29.9. The lowest BCUT2D eigenvalue weighted by molar-refractivity contribution is -0.384. The molecule has 42 heavy (non-hydrogen) atoms. The molecule has 0 saturated carbocycles. The fourth-order valence-electron chi connectivity index (χ4n) is 3.89. The predicted molar refractivity (Wildman–Crippen MR) is 159 cm³/mol. The first-order chi connectivity index (χ1) is 20.4. The van der Waals surface area contributed by atoms with Gasteiger partial charge in [-0.05, 0) is 60.5 Å². The maximum absolute atomic E-state index is 12.8. The van der Waals surface area contributed by atoms with Gasteiger partial charge in [-0.2, -0.15) is 5.26 Å². The number of anilines is 1. The largest absolute Gasteiger partial charge is 0.490 e. The van der Waals surface area contributed by atoms with Crippen LogP contribution in [-0.2, 0) is 18.0 Å². The second-order valence-electron chi connectivity index (χ2n) is 8.89. The van der Waals surface area contributed by atoms with E-state index in [4.69, 9.17) is 25.8 Å². The van der Waals surface area contributed by atoms with Gasteiger partial charge in [0, 0.05) is 28.4 Å². The molecule has 0 atom stereocenters. The zero-order valence-corrected chi connectivity index (χ0v) is 23.3. The van der Waals surface area contributed by atoms with Crippen molar-refractivity contribution >= 4 is 35.0 Å². The van der Waals surface area contributed by atoms with Crippen LogP contribution in [0.2, 0.25) is 5.02 Å². The normalized spacial score (nSPS) is 10.8. The van der Waals surface area contributed by atoms with E-state index in [1.54, 1.807) is 18.2 Å². The van der Waals surface area contributed by atoms with Gasteiger partial charge in [-0.1, -0.05) is 54.1 Å². The highest BCUT2D eigenvalue weighted by molar-refractivity contribution is 6.30. The molecule has 4 aromatic rings. The number of benzene rings is 4. The van der Waals surface area contributed by atoms with Crippen LogP contribution in [0.4, 0.5) is 11.4 Å². The lowest BCUT2D eigenvalue weighted by Gasteiger charge is -2.15. The first-order valence-corrected chi connectivity index (χ1v) is 13.3. The number of nitro benzene ring substituents is 1. The van der Waals surface area contributed by atoms with Crippen LogP contribution < -0.4 is 19.5 Å². The smallest absolute Gasteiger partial charge is 0.271 e. The molecule has 0 fully saturated rings. The topological polar surface area (TPSA) is 124 Å². The highest BCUT2D eigenvalue weighted by atomic mass is 35.5. The molecule has 4 rings (SSSR count). The fourth-order valence-corrected chi connectivity index (χ4v) is 4.07. The van der Waals surface area contributed by atoms with E-state index in [1.807, 2.05) is 61.5 Å². The van der Waals surface area contributed by atoms with Crippen LogP contribution in [0, 0.1) is 21.4 Å². The third-order valence-corrected chi connectivity index (χ3v) is 6.13. The van der Waals surface area contributed by atoms with Gasteiger partial charge in [0.15, 0.2) is 11.5 Å². The number of non-ortho nitro benzene ring substituents is 1. The molecule has 9 nitrogen and oxygen atoms in total. The van der Waals surface area contributed by atoms with Gasteiger partial charge in [0.2, 0.25) is 0 Å². The Kier molecular flexibility index (Phi) is 10.1. The summed E-state index contributed by atoms with van der Waals surface area (Å²) in [5.41, 5.74) is 1.99. The van der Waals surface area contributed by atoms with Gasteiger partial charge in [0.05, 0.1) is 11.5 Å². The van der Waals surface area contributed by atoms with E-state index >= 15 is 0 Å². The van der Waals surface area contributed by atoms with Gasteiger partial charge >= 0.3 is 0 Å². The molecule has 4 aromatic carbocycles. The second kappa shape index (κ2) is 14.3. The Morgan fingerprint density at radius 3 is 2.38 bits per heavy atom. The average molecular weight is 584 g/mol. The third kappa shape index (κ3) is 8.10. The van der Waals surface area contributed by atoms with Crippen LogP contribution in [0.3, 0.4) is 0 Å². The van der Waals surface area contributed by atoms with E-state index in [-0.39, 0.29) is 23.6 Å². The number of nitrogens with zero attached hydrogens (tertiary/aromatic N) is 2. The van der Waals surface area contributed by atoms with E-state index in [2.05, 4.69) is 5.32 Å². The molecular weight excluding hydrogens is 558 g/mol. The van der Waals surface area contributed by atoms with Crippen molar-refractivity contribution in [3.8, 4) is 23.3 Å². The zero-order valence-electron chi connectivity index (χ0n) is 22.6. The first kappa shape index (κ1) is 29.6. The summed E-state index contributed by atoms with van der Waals surface area (Å²) in [5, 5.41) is 23.6. The van der Waals surface area contributed by atoms with Crippen LogP contribution in [0.25, 0.3) is 6.08 Å². The molecule has 0 aliphatic carbocycles. The van der Waals surface area contributed by atoms with Crippen LogP contribution in [0.15, 0.2) is 96.6 Å². The molecule has 1 N–H and O–H groups in total. The quantitative estimate of drug-likeness (QED) is 0.0800. The summed E-state index contributed by atoms with van der Waals surface area (Å²) in [7, 11) is 0. The molecule has 10 heteroatoms. The molecule has 0 aromatic heterocycles. The molecule has 0 bridgehead atoms. The lowest BCUT2D eigenvalue weighted by atomic mass is 10.1. The summed E-state index contributed by atoms with van der Waals surface area (Å²) < 4.78 is 17.8. The van der Waals surface area contributed by atoms with Crippen molar-refractivity contribution in [2.75, 3.05) is 11.9 Å². The van der Waals surface area contributed by atoms with Crippen LogP contribution in [-0.4, -0.2) is 17.4 Å². The standard InChI is InChI=1S/C32H26ClN3O6/c1-2-40-31-15-23(11-13-30(31)42-20-22-7-4-3-5-8-22)21-41-29-14-12-26(33)17-24(29)16-25(19-34)32(37)35-27-9-6-10-28(18-27)36(38)39/h3-18H,2,20-21H2,1H3,(H,35,37)/b25-16-. The van der Waals surface area contributed by atoms with Crippen molar-refractivity contribution in [1.82, 2.24) is 0 Å². The maximum atomic E-state index is 12.8. The molecule has 0 aliphatic heterocycles. The lowest BCUT2D eigenvalue weighted by Crippen LogP contribution is -2.13. The summed E-state index contributed by atoms with van der Waals surface area (Å²) >= 11 is 6.20. The summed E-state index contributed by atoms with van der Waals surface area (Å²) in [5.74, 6) is 0.831. The van der Waals surface area contributed by atoms with Gasteiger partial charge in [-0.3, -0.25) is 14.9 Å². The van der Waals surface area contributed by atoms with Crippen molar-refractivity contribution in [3.05, 3.63) is 128 Å². The number of carbonyl (C=O) groups is 1. The van der Waals surface area contributed by atoms with Crippen LogP contribution in [0.5, 0.6) is 17.2 Å². The van der Waals surface area contributed by atoms with Gasteiger partial charge in [-0.25, -0.2) is 0 Å². The molecule has 0 spiro atoms. The number of nitro groups is 1. The SMILES string of the molecule is CCOc1cc(COc2ccc(Cl)cc2/C=C(/C#N)C(=O)Nc2cccc([N+](=O)[O-])c2)ccc1OCc1ccccc1. The summed E-state index contributed by atoms with van der Waals surface area (Å²) in [6, 6.07) is 27.5. The number of carbonyl (C=O) groups excluding carboxylic acids is 1. The Morgan fingerprint density at radius 1 is 0.905 bits per heavy atom. The molecule has 0 unspecified atom stereocenters. The van der Waals surface area contributed by atoms with Crippen molar-refractivity contribution in [1.29, 1.82) is 5.26 Å². The Bertz CT molecular complexity index is 1650. The molecule has 0 heterocycles. The summed E-state index contributed by atoms with van der Waals surface area (Å²) in [6.45, 7) is 2.89. The number of ether oxygens (including phenoxy) is 3. The molecule has 0 saturated heterocycles. The minimum atomic E-state index is -0.739. The van der Waals surface area contributed by atoms with Crippen molar-refractivity contribution in [2.45, 2.75) is 20.1 Å². The molecule has 0 radical (unpaired) electrons. The van der Waals surface area contributed by atoms with Gasteiger partial charge in [0.25, 0.3) is 11.6 Å². The number of halogens is 1. The van der Waals surface area contributed by atoms with E-state index in [0.717, 1.165) is 11.1 Å². The van der Waals surface area contributed by atoms with E-state index in [9.17, 15) is 20.2 Å². The highest BCUT2D eigenvalue weighted by Crippen LogP contribution is 2.31. The van der Waals surface area contributed by atoms with E-state index in [0.29, 0.717) is 41.0 Å². The Balaban J connectivity index is 1.50. The summed E-state index contributed by atoms with van der Waals surface area (Å²) in [6.07, 6.45) is 1.35. The molecule has 0 aliphatic rings. The highest BCUT2D eigenvalue weighted by Gasteiger charge is 2.15. The van der Waals surface area contributed by atoms with Gasteiger partial charge in [0.1, 0.15) is 30.6 Å². The van der Waals surface area contributed by atoms with Crippen LogP contribution in [0.1, 0.15) is 23.6 Å². The second-order valence-corrected chi connectivity index (χ2v) is 9.33. The number of nitrogens with one attached hydrogen (secondary N) is 1. The number of hydrogen-bond donors (Lipinski definition) is 1. The Labute approximate surface area is 247 Å². The molecule has 212 valence electrons. The Hall–Kier alpha value is -5.33.